The summed E-state index contributed by atoms with van der Waals surface area (Å²) in [4.78, 5) is 0. The minimum absolute atomic E-state index is 0.481. The highest BCUT2D eigenvalue weighted by Gasteiger charge is 2.34. The fourth-order valence-electron chi connectivity index (χ4n) is 1.81. The predicted octanol–water partition coefficient (Wildman–Crippen LogP) is 1.50. The van der Waals surface area contributed by atoms with Crippen LogP contribution in [0.2, 0.25) is 0 Å². The zero-order chi connectivity index (χ0) is 9.03. The van der Waals surface area contributed by atoms with Gasteiger partial charge in [0, 0.05) is 19.1 Å². The van der Waals surface area contributed by atoms with Crippen LogP contribution >= 0.6 is 0 Å². The van der Waals surface area contributed by atoms with E-state index in [1.165, 1.54) is 32.2 Å². The highest BCUT2D eigenvalue weighted by molar-refractivity contribution is 4.88. The lowest BCUT2D eigenvalue weighted by Crippen LogP contribution is -2.44. The third-order valence-electron chi connectivity index (χ3n) is 3.34. The van der Waals surface area contributed by atoms with E-state index in [1.54, 1.807) is 0 Å². The molecule has 1 atom stereocenters. The van der Waals surface area contributed by atoms with Crippen LogP contribution in [0.25, 0.3) is 0 Å². The van der Waals surface area contributed by atoms with Gasteiger partial charge in [-0.3, -0.25) is 0 Å². The SMILES string of the molecule is CCC1(CNC(C)CN)CCC1. The van der Waals surface area contributed by atoms with Crippen molar-refractivity contribution in [1.29, 1.82) is 0 Å². The van der Waals surface area contributed by atoms with Gasteiger partial charge in [0.25, 0.3) is 0 Å². The normalized spacial score (nSPS) is 23.2. The zero-order valence-corrected chi connectivity index (χ0v) is 8.40. The molecule has 1 saturated carbocycles. The number of rotatable bonds is 5. The Morgan fingerprint density at radius 2 is 2.17 bits per heavy atom. The van der Waals surface area contributed by atoms with Crippen molar-refractivity contribution in [3.8, 4) is 0 Å². The number of hydrogen-bond donors (Lipinski definition) is 2. The first-order valence-electron chi connectivity index (χ1n) is 5.16. The van der Waals surface area contributed by atoms with Crippen molar-refractivity contribution in [2.45, 2.75) is 45.6 Å². The second-order valence-corrected chi connectivity index (χ2v) is 4.22. The van der Waals surface area contributed by atoms with Crippen molar-refractivity contribution in [3.05, 3.63) is 0 Å². The van der Waals surface area contributed by atoms with E-state index in [-0.39, 0.29) is 0 Å². The maximum atomic E-state index is 5.54. The minimum atomic E-state index is 0.481. The van der Waals surface area contributed by atoms with Gasteiger partial charge in [-0.1, -0.05) is 13.3 Å². The van der Waals surface area contributed by atoms with E-state index in [1.807, 2.05) is 0 Å². The summed E-state index contributed by atoms with van der Waals surface area (Å²) in [6.07, 6.45) is 5.56. The van der Waals surface area contributed by atoms with E-state index in [0.29, 0.717) is 11.5 Å². The standard InChI is InChI=1S/C10H22N2/c1-3-10(5-4-6-10)8-12-9(2)7-11/h9,12H,3-8,11H2,1-2H3. The molecule has 0 amide bonds. The summed E-state index contributed by atoms with van der Waals surface area (Å²) in [5.74, 6) is 0. The van der Waals surface area contributed by atoms with Crippen LogP contribution < -0.4 is 11.1 Å². The van der Waals surface area contributed by atoms with Crippen LogP contribution in [0.4, 0.5) is 0 Å². The molecule has 0 heterocycles. The summed E-state index contributed by atoms with van der Waals surface area (Å²) in [6, 6.07) is 0.481. The van der Waals surface area contributed by atoms with Gasteiger partial charge in [0.2, 0.25) is 0 Å². The van der Waals surface area contributed by atoms with Crippen molar-refractivity contribution in [3.63, 3.8) is 0 Å². The Labute approximate surface area is 75.9 Å². The average molecular weight is 170 g/mol. The minimum Gasteiger partial charge on any atom is -0.329 e. The molecule has 12 heavy (non-hydrogen) atoms. The number of nitrogens with two attached hydrogens (primary N) is 1. The summed E-state index contributed by atoms with van der Waals surface area (Å²) >= 11 is 0. The molecule has 1 aliphatic carbocycles. The molecule has 1 rings (SSSR count). The fourth-order valence-corrected chi connectivity index (χ4v) is 1.81. The summed E-state index contributed by atoms with van der Waals surface area (Å²) in [5, 5.41) is 3.50. The monoisotopic (exact) mass is 170 g/mol. The second kappa shape index (κ2) is 4.24. The van der Waals surface area contributed by atoms with Gasteiger partial charge in [0.1, 0.15) is 0 Å². The van der Waals surface area contributed by atoms with Crippen LogP contribution in [0.15, 0.2) is 0 Å². The van der Waals surface area contributed by atoms with E-state index in [4.69, 9.17) is 5.73 Å². The Morgan fingerprint density at radius 3 is 2.50 bits per heavy atom. The van der Waals surface area contributed by atoms with Gasteiger partial charge >= 0.3 is 0 Å². The molecule has 3 N–H and O–H groups in total. The Morgan fingerprint density at radius 1 is 1.50 bits per heavy atom. The molecule has 0 aromatic heterocycles. The first kappa shape index (κ1) is 10.0. The van der Waals surface area contributed by atoms with Crippen LogP contribution in [0.5, 0.6) is 0 Å². The van der Waals surface area contributed by atoms with Gasteiger partial charge in [-0.05, 0) is 31.6 Å². The lowest BCUT2D eigenvalue weighted by Gasteiger charge is -2.42. The topological polar surface area (TPSA) is 38.0 Å². The first-order valence-corrected chi connectivity index (χ1v) is 5.16. The van der Waals surface area contributed by atoms with Crippen LogP contribution in [-0.4, -0.2) is 19.1 Å². The van der Waals surface area contributed by atoms with Crippen molar-refractivity contribution >= 4 is 0 Å². The van der Waals surface area contributed by atoms with Crippen molar-refractivity contribution in [1.82, 2.24) is 5.32 Å². The molecule has 0 aromatic carbocycles. The molecule has 0 aliphatic heterocycles. The lowest BCUT2D eigenvalue weighted by molar-refractivity contribution is 0.120. The molecule has 1 unspecified atom stereocenters. The molecule has 0 saturated heterocycles. The quantitative estimate of drug-likeness (QED) is 0.656. The molecule has 0 spiro atoms. The molecule has 1 aliphatic rings. The van der Waals surface area contributed by atoms with Gasteiger partial charge in [-0.25, -0.2) is 0 Å². The largest absolute Gasteiger partial charge is 0.329 e. The molecule has 2 heteroatoms. The molecule has 0 aromatic rings. The zero-order valence-electron chi connectivity index (χ0n) is 8.40. The average Bonchev–Trinajstić information content (AvgIpc) is 2.03. The third kappa shape index (κ3) is 2.20. The van der Waals surface area contributed by atoms with E-state index >= 15 is 0 Å². The Hall–Kier alpha value is -0.0800. The summed E-state index contributed by atoms with van der Waals surface area (Å²) in [5.41, 5.74) is 6.17. The van der Waals surface area contributed by atoms with E-state index < -0.39 is 0 Å². The maximum Gasteiger partial charge on any atom is 0.0162 e. The Bertz CT molecular complexity index is 124. The number of hydrogen-bond acceptors (Lipinski definition) is 2. The smallest absolute Gasteiger partial charge is 0.0162 e. The van der Waals surface area contributed by atoms with Crippen molar-refractivity contribution < 1.29 is 0 Å². The van der Waals surface area contributed by atoms with Gasteiger partial charge in [0.15, 0.2) is 0 Å². The van der Waals surface area contributed by atoms with E-state index in [9.17, 15) is 0 Å². The van der Waals surface area contributed by atoms with Crippen LogP contribution in [0.3, 0.4) is 0 Å². The predicted molar refractivity (Wildman–Crippen MR) is 53.1 cm³/mol. The maximum absolute atomic E-state index is 5.54. The lowest BCUT2D eigenvalue weighted by atomic mass is 9.67. The molecule has 72 valence electrons. The van der Waals surface area contributed by atoms with Gasteiger partial charge in [-0.2, -0.15) is 0 Å². The molecular weight excluding hydrogens is 148 g/mol. The highest BCUT2D eigenvalue weighted by atomic mass is 14.9. The highest BCUT2D eigenvalue weighted by Crippen LogP contribution is 2.43. The second-order valence-electron chi connectivity index (χ2n) is 4.22. The van der Waals surface area contributed by atoms with Gasteiger partial charge in [0.05, 0.1) is 0 Å². The Balaban J connectivity index is 2.20. The van der Waals surface area contributed by atoms with Gasteiger partial charge in [-0.15, -0.1) is 0 Å². The molecule has 1 fully saturated rings. The molecule has 0 radical (unpaired) electrons. The third-order valence-corrected chi connectivity index (χ3v) is 3.34. The fraction of sp³-hybridized carbons (Fsp3) is 1.00. The summed E-state index contributed by atoms with van der Waals surface area (Å²) in [6.45, 7) is 6.37. The molecule has 2 nitrogen and oxygen atoms in total. The summed E-state index contributed by atoms with van der Waals surface area (Å²) in [7, 11) is 0. The Kier molecular flexibility index (Phi) is 3.53. The van der Waals surface area contributed by atoms with Crippen LogP contribution in [-0.2, 0) is 0 Å². The summed E-state index contributed by atoms with van der Waals surface area (Å²) < 4.78 is 0. The number of nitrogens with one attached hydrogen (secondary N) is 1. The van der Waals surface area contributed by atoms with Crippen molar-refractivity contribution in [2.75, 3.05) is 13.1 Å². The van der Waals surface area contributed by atoms with E-state index in [2.05, 4.69) is 19.2 Å². The van der Waals surface area contributed by atoms with Gasteiger partial charge < -0.3 is 11.1 Å². The first-order chi connectivity index (χ1) is 5.72. The van der Waals surface area contributed by atoms with E-state index in [0.717, 1.165) is 6.54 Å². The molecular formula is C10H22N2. The van der Waals surface area contributed by atoms with Crippen LogP contribution in [0, 0.1) is 5.41 Å². The molecule has 0 bridgehead atoms. The van der Waals surface area contributed by atoms with Crippen LogP contribution in [0.1, 0.15) is 39.5 Å². The van der Waals surface area contributed by atoms with Crippen molar-refractivity contribution in [2.24, 2.45) is 11.1 Å².